The molecule has 1 heterocycles. The zero-order valence-electron chi connectivity index (χ0n) is 13.9. The van der Waals surface area contributed by atoms with E-state index in [0.29, 0.717) is 23.9 Å². The van der Waals surface area contributed by atoms with Crippen LogP contribution < -0.4 is 5.32 Å². The number of rotatable bonds is 6. The summed E-state index contributed by atoms with van der Waals surface area (Å²) in [7, 11) is -0.947. The number of hydrogen-bond acceptors (Lipinski definition) is 3. The van der Waals surface area contributed by atoms with Gasteiger partial charge >= 0.3 is 0 Å². The number of sulfonamides is 1. The summed E-state index contributed by atoms with van der Waals surface area (Å²) in [6.07, 6.45) is 11.2. The van der Waals surface area contributed by atoms with E-state index in [1.807, 2.05) is 0 Å². The van der Waals surface area contributed by atoms with Crippen LogP contribution in [0, 0.1) is 11.3 Å². The van der Waals surface area contributed by atoms with Gasteiger partial charge < -0.3 is 5.32 Å². The minimum Gasteiger partial charge on any atom is -0.316 e. The molecule has 1 saturated heterocycles. The van der Waals surface area contributed by atoms with Gasteiger partial charge in [-0.1, -0.05) is 19.8 Å². The number of nitrogens with zero attached hydrogens (tertiary/aromatic N) is 1. The highest BCUT2D eigenvalue weighted by Gasteiger charge is 2.40. The van der Waals surface area contributed by atoms with Crippen molar-refractivity contribution in [2.45, 2.75) is 64.3 Å². The zero-order chi connectivity index (χ0) is 15.5. The van der Waals surface area contributed by atoms with Crippen molar-refractivity contribution in [1.82, 2.24) is 9.62 Å². The van der Waals surface area contributed by atoms with Crippen LogP contribution >= 0.6 is 0 Å². The van der Waals surface area contributed by atoms with Crippen LogP contribution in [-0.2, 0) is 10.0 Å². The van der Waals surface area contributed by atoms with E-state index in [9.17, 15) is 8.42 Å². The maximum atomic E-state index is 11.8. The highest BCUT2D eigenvalue weighted by Crippen LogP contribution is 2.46. The Labute approximate surface area is 130 Å². The van der Waals surface area contributed by atoms with Gasteiger partial charge in [0.1, 0.15) is 0 Å². The average molecular weight is 317 g/mol. The van der Waals surface area contributed by atoms with Crippen molar-refractivity contribution in [3.63, 3.8) is 0 Å². The maximum Gasteiger partial charge on any atom is 0.211 e. The smallest absolute Gasteiger partial charge is 0.211 e. The van der Waals surface area contributed by atoms with E-state index in [-0.39, 0.29) is 0 Å². The van der Waals surface area contributed by atoms with Crippen LogP contribution in [0.3, 0.4) is 0 Å². The molecule has 0 aromatic carbocycles. The maximum absolute atomic E-state index is 11.8. The first-order valence-corrected chi connectivity index (χ1v) is 10.4. The molecule has 1 aliphatic heterocycles. The van der Waals surface area contributed by atoms with Gasteiger partial charge in [-0.15, -0.1) is 0 Å². The van der Waals surface area contributed by atoms with Crippen LogP contribution in [0.15, 0.2) is 0 Å². The minimum absolute atomic E-state index is 0.447. The molecule has 0 amide bonds. The first kappa shape index (κ1) is 17.2. The van der Waals surface area contributed by atoms with Crippen molar-refractivity contribution in [3.05, 3.63) is 0 Å². The first-order valence-electron chi connectivity index (χ1n) is 8.53. The molecule has 4 nitrogen and oxygen atoms in total. The molecule has 0 spiro atoms. The Balaban J connectivity index is 2.01. The highest BCUT2D eigenvalue weighted by molar-refractivity contribution is 7.88. The largest absolute Gasteiger partial charge is 0.316 e. The third-order valence-corrected chi connectivity index (χ3v) is 7.18. The second kappa shape index (κ2) is 6.97. The fourth-order valence-electron chi connectivity index (χ4n) is 4.56. The Morgan fingerprint density at radius 3 is 2.48 bits per heavy atom. The van der Waals surface area contributed by atoms with Gasteiger partial charge in [0.05, 0.1) is 6.26 Å². The van der Waals surface area contributed by atoms with E-state index in [1.54, 1.807) is 4.31 Å². The molecule has 2 aliphatic rings. The van der Waals surface area contributed by atoms with Crippen LogP contribution in [0.25, 0.3) is 0 Å². The van der Waals surface area contributed by atoms with Crippen LogP contribution in [0.2, 0.25) is 0 Å². The van der Waals surface area contributed by atoms with Gasteiger partial charge in [-0.2, -0.15) is 0 Å². The molecule has 1 saturated carbocycles. The Hall–Kier alpha value is -0.130. The van der Waals surface area contributed by atoms with Crippen LogP contribution in [0.1, 0.15) is 58.3 Å². The Bertz CT molecular complexity index is 430. The summed E-state index contributed by atoms with van der Waals surface area (Å²) < 4.78 is 25.2. The molecule has 0 aromatic rings. The third kappa shape index (κ3) is 3.99. The van der Waals surface area contributed by atoms with E-state index in [4.69, 9.17) is 0 Å². The molecule has 0 bridgehead atoms. The van der Waals surface area contributed by atoms with Gasteiger partial charge in [0.2, 0.25) is 10.0 Å². The lowest BCUT2D eigenvalue weighted by Gasteiger charge is -2.41. The molecule has 2 atom stereocenters. The molecular weight excluding hydrogens is 284 g/mol. The normalized spacial score (nSPS) is 28.6. The first-order chi connectivity index (χ1) is 9.91. The lowest BCUT2D eigenvalue weighted by molar-refractivity contribution is 0.144. The molecule has 2 rings (SSSR count). The predicted octanol–water partition coefficient (Wildman–Crippen LogP) is 2.61. The van der Waals surface area contributed by atoms with Gasteiger partial charge in [-0.05, 0) is 56.9 Å². The molecule has 1 N–H and O–H groups in total. The highest BCUT2D eigenvalue weighted by atomic mass is 32.2. The molecule has 0 radical (unpaired) electrons. The second-order valence-corrected chi connectivity index (χ2v) is 9.11. The van der Waals surface area contributed by atoms with E-state index in [1.165, 1.54) is 44.8 Å². The summed E-state index contributed by atoms with van der Waals surface area (Å²) in [5.41, 5.74) is 0.447. The fourth-order valence-corrected chi connectivity index (χ4v) is 5.50. The van der Waals surface area contributed by atoms with Crippen LogP contribution in [0.4, 0.5) is 0 Å². The fraction of sp³-hybridized carbons (Fsp3) is 1.00. The monoisotopic (exact) mass is 316 g/mol. The molecule has 2 unspecified atom stereocenters. The molecule has 124 valence electrons. The van der Waals surface area contributed by atoms with Crippen molar-refractivity contribution in [2.75, 3.05) is 26.4 Å². The van der Waals surface area contributed by atoms with E-state index >= 15 is 0 Å². The molecule has 21 heavy (non-hydrogen) atoms. The van der Waals surface area contributed by atoms with Crippen molar-refractivity contribution >= 4 is 10.0 Å². The SMILES string of the molecule is CCC1(C(CC2CCCN(S(C)(=O)=O)C2)NC)CCCC1. The van der Waals surface area contributed by atoms with Gasteiger partial charge in [0.25, 0.3) is 0 Å². The Morgan fingerprint density at radius 2 is 1.95 bits per heavy atom. The lowest BCUT2D eigenvalue weighted by atomic mass is 9.72. The summed E-state index contributed by atoms with van der Waals surface area (Å²) in [5, 5.41) is 3.57. The van der Waals surface area contributed by atoms with Crippen molar-refractivity contribution in [2.24, 2.45) is 11.3 Å². The minimum atomic E-state index is -3.03. The van der Waals surface area contributed by atoms with E-state index < -0.39 is 10.0 Å². The predicted molar refractivity (Wildman–Crippen MR) is 87.8 cm³/mol. The van der Waals surface area contributed by atoms with Crippen LogP contribution in [-0.4, -0.2) is 45.2 Å². The van der Waals surface area contributed by atoms with Crippen molar-refractivity contribution in [3.8, 4) is 0 Å². The standard InChI is InChI=1S/C16H32N2O2S/c1-4-16(9-5-6-10-16)15(17-2)12-14-8-7-11-18(13-14)21(3,19)20/h14-15,17H,4-13H2,1-3H3. The van der Waals surface area contributed by atoms with Crippen molar-refractivity contribution in [1.29, 1.82) is 0 Å². The molecule has 5 heteroatoms. The van der Waals surface area contributed by atoms with Crippen molar-refractivity contribution < 1.29 is 8.42 Å². The Morgan fingerprint density at radius 1 is 1.29 bits per heavy atom. The summed E-state index contributed by atoms with van der Waals surface area (Å²) in [4.78, 5) is 0. The van der Waals surface area contributed by atoms with E-state index in [2.05, 4.69) is 19.3 Å². The molecular formula is C16H32N2O2S. The zero-order valence-corrected chi connectivity index (χ0v) is 14.7. The van der Waals surface area contributed by atoms with Crippen LogP contribution in [0.5, 0.6) is 0 Å². The summed E-state index contributed by atoms with van der Waals surface area (Å²) in [6, 6.07) is 0.537. The topological polar surface area (TPSA) is 49.4 Å². The van der Waals surface area contributed by atoms with E-state index in [0.717, 1.165) is 19.4 Å². The Kier molecular flexibility index (Phi) is 5.71. The molecule has 2 fully saturated rings. The number of piperidine rings is 1. The van der Waals surface area contributed by atoms with Gasteiger partial charge in [0, 0.05) is 19.1 Å². The average Bonchev–Trinajstić information content (AvgIpc) is 2.94. The third-order valence-electron chi connectivity index (χ3n) is 5.91. The van der Waals surface area contributed by atoms with Gasteiger partial charge in [-0.3, -0.25) is 0 Å². The quantitative estimate of drug-likeness (QED) is 0.819. The second-order valence-electron chi connectivity index (χ2n) is 7.13. The summed E-state index contributed by atoms with van der Waals surface area (Å²) >= 11 is 0. The molecule has 0 aromatic heterocycles. The van der Waals surface area contributed by atoms with Gasteiger partial charge in [-0.25, -0.2) is 12.7 Å². The number of hydrogen-bond donors (Lipinski definition) is 1. The lowest BCUT2D eigenvalue weighted by Crippen LogP contribution is -2.46. The molecule has 1 aliphatic carbocycles. The number of nitrogens with one attached hydrogen (secondary N) is 1. The summed E-state index contributed by atoms with van der Waals surface area (Å²) in [5.74, 6) is 0.509. The van der Waals surface area contributed by atoms with Gasteiger partial charge in [0.15, 0.2) is 0 Å². The summed E-state index contributed by atoms with van der Waals surface area (Å²) in [6.45, 7) is 3.74.